The molecule has 0 unspecified atom stereocenters. The Morgan fingerprint density at radius 1 is 1.04 bits per heavy atom. The molecule has 0 bridgehead atoms. The van der Waals surface area contributed by atoms with Gasteiger partial charge in [0.2, 0.25) is 0 Å². The van der Waals surface area contributed by atoms with Crippen LogP contribution in [0.4, 0.5) is 16.2 Å². The first-order chi connectivity index (χ1) is 12.7. The maximum Gasteiger partial charge on any atom is 0.410 e. The third-order valence-corrected chi connectivity index (χ3v) is 5.73. The van der Waals surface area contributed by atoms with Crippen LogP contribution < -0.4 is 4.90 Å². The molecule has 2 fully saturated rings. The van der Waals surface area contributed by atoms with Gasteiger partial charge in [0, 0.05) is 44.0 Å². The Labute approximate surface area is 160 Å². The number of likely N-dealkylation sites (tertiary alicyclic amines) is 1. The third-order valence-electron chi connectivity index (χ3n) is 5.73. The van der Waals surface area contributed by atoms with Crippen LogP contribution in [0, 0.1) is 15.5 Å². The molecule has 2 aliphatic heterocycles. The van der Waals surface area contributed by atoms with E-state index in [0.29, 0.717) is 5.41 Å². The molecule has 7 nitrogen and oxygen atoms in total. The predicted molar refractivity (Wildman–Crippen MR) is 104 cm³/mol. The van der Waals surface area contributed by atoms with E-state index in [2.05, 4.69) is 4.90 Å². The molecule has 0 aliphatic carbocycles. The minimum atomic E-state index is -0.456. The largest absolute Gasteiger partial charge is 0.444 e. The van der Waals surface area contributed by atoms with E-state index in [1.54, 1.807) is 12.1 Å². The number of anilines is 1. The van der Waals surface area contributed by atoms with Crippen LogP contribution in [-0.2, 0) is 4.74 Å². The number of hydrogen-bond donors (Lipinski definition) is 0. The fraction of sp³-hybridized carbons (Fsp3) is 0.650. The first kappa shape index (κ1) is 19.5. The van der Waals surface area contributed by atoms with E-state index in [9.17, 15) is 14.9 Å². The van der Waals surface area contributed by atoms with E-state index in [4.69, 9.17) is 4.74 Å². The van der Waals surface area contributed by atoms with Gasteiger partial charge >= 0.3 is 6.09 Å². The molecule has 1 spiro atoms. The van der Waals surface area contributed by atoms with Crippen LogP contribution in [0.15, 0.2) is 24.3 Å². The van der Waals surface area contributed by atoms with Crippen LogP contribution in [0.3, 0.4) is 0 Å². The van der Waals surface area contributed by atoms with Crippen molar-refractivity contribution in [1.82, 2.24) is 4.90 Å². The van der Waals surface area contributed by atoms with Crippen molar-refractivity contribution in [3.63, 3.8) is 0 Å². The number of carbonyl (C=O) groups is 1. The average Bonchev–Trinajstić information content (AvgIpc) is 2.62. The lowest BCUT2D eigenvalue weighted by atomic mass is 9.71. The number of hydrogen-bond acceptors (Lipinski definition) is 5. The number of non-ortho nitro benzene ring substituents is 1. The molecule has 0 saturated carbocycles. The van der Waals surface area contributed by atoms with Gasteiger partial charge in [0.15, 0.2) is 0 Å². The Kier molecular flexibility index (Phi) is 5.31. The number of nitro benzene ring substituents is 1. The van der Waals surface area contributed by atoms with Crippen LogP contribution in [0.1, 0.15) is 46.5 Å². The van der Waals surface area contributed by atoms with Gasteiger partial charge in [-0.1, -0.05) is 0 Å². The maximum atomic E-state index is 12.2. The third kappa shape index (κ3) is 4.70. The van der Waals surface area contributed by atoms with Crippen LogP contribution in [0.5, 0.6) is 0 Å². The predicted octanol–water partition coefficient (Wildman–Crippen LogP) is 4.21. The number of nitro groups is 1. The molecule has 0 aromatic heterocycles. The molecule has 1 aromatic carbocycles. The highest BCUT2D eigenvalue weighted by Gasteiger charge is 2.39. The first-order valence-corrected chi connectivity index (χ1v) is 9.65. The average molecular weight is 375 g/mol. The Bertz CT molecular complexity index is 678. The fourth-order valence-corrected chi connectivity index (χ4v) is 4.01. The Balaban J connectivity index is 1.52. The van der Waals surface area contributed by atoms with Crippen molar-refractivity contribution in [2.24, 2.45) is 5.41 Å². The SMILES string of the molecule is CC(C)(C)OC(=O)N1CCC2(CC1)CCN(c1ccc([N+](=O)[O-])cc1)CC2. The zero-order valence-electron chi connectivity index (χ0n) is 16.4. The van der Waals surface area contributed by atoms with Crippen LogP contribution >= 0.6 is 0 Å². The fourth-order valence-electron chi connectivity index (χ4n) is 4.01. The van der Waals surface area contributed by atoms with E-state index in [1.165, 1.54) is 0 Å². The van der Waals surface area contributed by atoms with E-state index in [0.717, 1.165) is 57.5 Å². The number of carbonyl (C=O) groups excluding carboxylic acids is 1. The van der Waals surface area contributed by atoms with E-state index < -0.39 is 5.60 Å². The van der Waals surface area contributed by atoms with Crippen molar-refractivity contribution in [2.75, 3.05) is 31.1 Å². The van der Waals surface area contributed by atoms with Gasteiger partial charge in [0.1, 0.15) is 5.60 Å². The monoisotopic (exact) mass is 375 g/mol. The summed E-state index contributed by atoms with van der Waals surface area (Å²) in [6.07, 6.45) is 4.00. The van der Waals surface area contributed by atoms with Crippen molar-refractivity contribution in [1.29, 1.82) is 0 Å². The molecule has 2 saturated heterocycles. The summed E-state index contributed by atoms with van der Waals surface area (Å²) in [5.41, 5.74) is 1.02. The molecule has 3 rings (SSSR count). The first-order valence-electron chi connectivity index (χ1n) is 9.65. The minimum absolute atomic E-state index is 0.127. The summed E-state index contributed by atoms with van der Waals surface area (Å²) < 4.78 is 5.49. The highest BCUT2D eigenvalue weighted by Crippen LogP contribution is 2.42. The normalized spacial score (nSPS) is 19.8. The molecule has 0 N–H and O–H groups in total. The highest BCUT2D eigenvalue weighted by molar-refractivity contribution is 5.68. The van der Waals surface area contributed by atoms with Crippen LogP contribution in [0.2, 0.25) is 0 Å². The lowest BCUT2D eigenvalue weighted by molar-refractivity contribution is -0.384. The molecule has 27 heavy (non-hydrogen) atoms. The van der Waals surface area contributed by atoms with Gasteiger partial charge in [0.25, 0.3) is 5.69 Å². The number of nitrogens with zero attached hydrogens (tertiary/aromatic N) is 3. The summed E-state index contributed by atoms with van der Waals surface area (Å²) in [5, 5.41) is 10.8. The Morgan fingerprint density at radius 2 is 1.56 bits per heavy atom. The summed E-state index contributed by atoms with van der Waals surface area (Å²) in [6, 6.07) is 6.81. The smallest absolute Gasteiger partial charge is 0.410 e. The number of amides is 1. The van der Waals surface area contributed by atoms with Gasteiger partial charge in [0.05, 0.1) is 4.92 Å². The zero-order chi connectivity index (χ0) is 19.7. The van der Waals surface area contributed by atoms with Crippen molar-refractivity contribution < 1.29 is 14.5 Å². The molecule has 0 radical (unpaired) electrons. The van der Waals surface area contributed by atoms with E-state index in [-0.39, 0.29) is 16.7 Å². The second-order valence-corrected chi connectivity index (χ2v) is 8.73. The Hall–Kier alpha value is -2.31. The second kappa shape index (κ2) is 7.37. The molecule has 2 heterocycles. The van der Waals surface area contributed by atoms with E-state index >= 15 is 0 Å². The molecule has 7 heteroatoms. The zero-order valence-corrected chi connectivity index (χ0v) is 16.4. The molecule has 1 aromatic rings. The van der Waals surface area contributed by atoms with Gasteiger partial charge in [-0.25, -0.2) is 4.79 Å². The molecular formula is C20H29N3O4. The summed E-state index contributed by atoms with van der Waals surface area (Å²) in [7, 11) is 0. The molecule has 0 atom stereocenters. The standard InChI is InChI=1S/C20H29N3O4/c1-19(2,3)27-18(24)22-14-10-20(11-15-22)8-12-21(13-9-20)16-4-6-17(7-5-16)23(25)26/h4-7H,8-15H2,1-3H3. The van der Waals surface area contributed by atoms with Crippen molar-refractivity contribution in [2.45, 2.75) is 52.1 Å². The minimum Gasteiger partial charge on any atom is -0.444 e. The molecular weight excluding hydrogens is 346 g/mol. The summed E-state index contributed by atoms with van der Waals surface area (Å²) in [5.74, 6) is 0. The van der Waals surface area contributed by atoms with Gasteiger partial charge in [-0.05, 0) is 64.0 Å². The lowest BCUT2D eigenvalue weighted by Gasteiger charge is -2.47. The number of piperidine rings is 2. The summed E-state index contributed by atoms with van der Waals surface area (Å²) in [6.45, 7) is 9.09. The second-order valence-electron chi connectivity index (χ2n) is 8.73. The quantitative estimate of drug-likeness (QED) is 0.572. The molecule has 148 valence electrons. The summed E-state index contributed by atoms with van der Waals surface area (Å²) in [4.78, 5) is 26.8. The van der Waals surface area contributed by atoms with Crippen molar-refractivity contribution in [3.05, 3.63) is 34.4 Å². The number of ether oxygens (including phenoxy) is 1. The van der Waals surface area contributed by atoms with Gasteiger partial charge < -0.3 is 14.5 Å². The maximum absolute atomic E-state index is 12.2. The lowest BCUT2D eigenvalue weighted by Crippen LogP contribution is -2.49. The van der Waals surface area contributed by atoms with Crippen molar-refractivity contribution in [3.8, 4) is 0 Å². The van der Waals surface area contributed by atoms with Crippen LogP contribution in [0.25, 0.3) is 0 Å². The van der Waals surface area contributed by atoms with Gasteiger partial charge in [-0.15, -0.1) is 0 Å². The van der Waals surface area contributed by atoms with Gasteiger partial charge in [-0.3, -0.25) is 10.1 Å². The highest BCUT2D eigenvalue weighted by atomic mass is 16.6. The van der Waals surface area contributed by atoms with Crippen molar-refractivity contribution >= 4 is 17.5 Å². The Morgan fingerprint density at radius 3 is 2.04 bits per heavy atom. The molecule has 2 aliphatic rings. The van der Waals surface area contributed by atoms with E-state index in [1.807, 2.05) is 37.8 Å². The van der Waals surface area contributed by atoms with Gasteiger partial charge in [-0.2, -0.15) is 0 Å². The number of rotatable bonds is 2. The number of benzene rings is 1. The summed E-state index contributed by atoms with van der Waals surface area (Å²) >= 11 is 0. The van der Waals surface area contributed by atoms with Crippen LogP contribution in [-0.4, -0.2) is 47.7 Å². The molecule has 1 amide bonds. The topological polar surface area (TPSA) is 75.9 Å².